The Balaban J connectivity index is 1.68. The molecular formula is C30H36N2O5S. The monoisotopic (exact) mass is 536 g/mol. The normalized spacial score (nSPS) is 11.6. The van der Waals surface area contributed by atoms with E-state index in [0.29, 0.717) is 24.3 Å². The zero-order valence-corrected chi connectivity index (χ0v) is 23.2. The molecule has 3 rings (SSSR count). The van der Waals surface area contributed by atoms with Crippen molar-refractivity contribution in [2.45, 2.75) is 70.3 Å². The smallest absolute Gasteiger partial charge is 0.266 e. The molecule has 8 heteroatoms. The lowest BCUT2D eigenvalue weighted by Gasteiger charge is -2.19. The summed E-state index contributed by atoms with van der Waals surface area (Å²) in [5.41, 5.74) is 2.69. The topological polar surface area (TPSA) is 102 Å². The number of carbonyl (C=O) groups is 2. The molecule has 3 aromatic rings. The number of rotatable bonds is 11. The van der Waals surface area contributed by atoms with Crippen molar-refractivity contribution >= 4 is 27.5 Å². The van der Waals surface area contributed by atoms with Gasteiger partial charge in [0.1, 0.15) is 17.3 Å². The van der Waals surface area contributed by atoms with Crippen molar-refractivity contribution in [3.05, 3.63) is 89.5 Å². The van der Waals surface area contributed by atoms with Crippen LogP contribution in [-0.2, 0) is 26.8 Å². The number of carbonyl (C=O) groups excluding carboxylic acids is 2. The van der Waals surface area contributed by atoms with Gasteiger partial charge in [-0.1, -0.05) is 83.0 Å². The highest BCUT2D eigenvalue weighted by atomic mass is 32.2. The maximum absolute atomic E-state index is 13.0. The largest absolute Gasteiger partial charge is 0.489 e. The van der Waals surface area contributed by atoms with Crippen molar-refractivity contribution in [1.29, 1.82) is 0 Å². The van der Waals surface area contributed by atoms with Gasteiger partial charge in [-0.15, -0.1) is 0 Å². The van der Waals surface area contributed by atoms with Gasteiger partial charge in [0.15, 0.2) is 0 Å². The molecule has 0 aliphatic carbocycles. The van der Waals surface area contributed by atoms with Crippen LogP contribution in [0.25, 0.3) is 0 Å². The van der Waals surface area contributed by atoms with E-state index in [-0.39, 0.29) is 22.4 Å². The van der Waals surface area contributed by atoms with E-state index in [2.05, 4.69) is 42.9 Å². The predicted octanol–water partition coefficient (Wildman–Crippen LogP) is 6.20. The Morgan fingerprint density at radius 2 is 1.61 bits per heavy atom. The Kier molecular flexibility index (Phi) is 9.69. The Hall–Kier alpha value is -3.65. The zero-order valence-electron chi connectivity index (χ0n) is 22.4. The number of amides is 2. The maximum atomic E-state index is 13.0. The number of anilines is 1. The molecule has 2 N–H and O–H groups in total. The second kappa shape index (κ2) is 12.7. The highest BCUT2D eigenvalue weighted by Crippen LogP contribution is 2.24. The fourth-order valence-electron chi connectivity index (χ4n) is 3.78. The Labute approximate surface area is 225 Å². The first-order valence-electron chi connectivity index (χ1n) is 12.8. The number of hydrogen-bond donors (Lipinski definition) is 2. The SMILES string of the molecule is CCCCCC(=O)NS(=O)(=O)c1ccccc1NC(=O)c1cccc(OCc2ccc(C(C)(C)C)cc2)c1. The number of benzene rings is 3. The third-order valence-electron chi connectivity index (χ3n) is 6.00. The van der Waals surface area contributed by atoms with Crippen LogP contribution in [-0.4, -0.2) is 20.2 Å². The molecule has 0 heterocycles. The van der Waals surface area contributed by atoms with E-state index in [1.165, 1.54) is 23.8 Å². The maximum Gasteiger partial charge on any atom is 0.266 e. The molecular weight excluding hydrogens is 500 g/mol. The first-order chi connectivity index (χ1) is 18.0. The van der Waals surface area contributed by atoms with Gasteiger partial charge in [-0.2, -0.15) is 0 Å². The number of nitrogens with one attached hydrogen (secondary N) is 2. The Morgan fingerprint density at radius 3 is 2.29 bits per heavy atom. The average Bonchev–Trinajstić information content (AvgIpc) is 2.87. The summed E-state index contributed by atoms with van der Waals surface area (Å²) in [6.45, 7) is 8.82. The van der Waals surface area contributed by atoms with Crippen LogP contribution in [0.5, 0.6) is 5.75 Å². The van der Waals surface area contributed by atoms with Gasteiger partial charge in [0.25, 0.3) is 15.9 Å². The van der Waals surface area contributed by atoms with Gasteiger partial charge in [-0.3, -0.25) is 9.59 Å². The van der Waals surface area contributed by atoms with Crippen molar-refractivity contribution in [3.8, 4) is 5.75 Å². The van der Waals surface area contributed by atoms with E-state index in [1.807, 2.05) is 19.1 Å². The Morgan fingerprint density at radius 1 is 0.895 bits per heavy atom. The quantitative estimate of drug-likeness (QED) is 0.284. The van der Waals surface area contributed by atoms with Crippen LogP contribution >= 0.6 is 0 Å². The van der Waals surface area contributed by atoms with Gasteiger partial charge in [-0.05, 0) is 53.3 Å². The molecule has 0 saturated carbocycles. The van der Waals surface area contributed by atoms with Crippen LogP contribution in [0, 0.1) is 0 Å². The molecule has 0 fully saturated rings. The summed E-state index contributed by atoms with van der Waals surface area (Å²) in [6.07, 6.45) is 2.49. The zero-order chi connectivity index (χ0) is 27.8. The summed E-state index contributed by atoms with van der Waals surface area (Å²) in [6, 6.07) is 20.9. The summed E-state index contributed by atoms with van der Waals surface area (Å²) in [5.74, 6) is -0.558. The number of unbranched alkanes of at least 4 members (excludes halogenated alkanes) is 2. The summed E-state index contributed by atoms with van der Waals surface area (Å²) in [7, 11) is -4.15. The molecule has 0 saturated heterocycles. The van der Waals surface area contributed by atoms with E-state index >= 15 is 0 Å². The molecule has 0 radical (unpaired) electrons. The second-order valence-corrected chi connectivity index (χ2v) is 11.9. The number of para-hydroxylation sites is 1. The highest BCUT2D eigenvalue weighted by molar-refractivity contribution is 7.90. The van der Waals surface area contributed by atoms with Gasteiger partial charge in [0.2, 0.25) is 5.91 Å². The summed E-state index contributed by atoms with van der Waals surface area (Å²) in [4.78, 5) is 25.0. The van der Waals surface area contributed by atoms with Gasteiger partial charge in [0, 0.05) is 12.0 Å². The van der Waals surface area contributed by atoms with Crippen LogP contribution in [0.4, 0.5) is 5.69 Å². The molecule has 0 atom stereocenters. The standard InChI is InChI=1S/C30H36N2O5S/c1-5-6-7-15-28(33)32-38(35,36)27-14-9-8-13-26(27)31-29(34)23-11-10-12-25(20-23)37-21-22-16-18-24(19-17-22)30(2,3)4/h8-14,16-20H,5-7,15,21H2,1-4H3,(H,31,34)(H,32,33). The van der Waals surface area contributed by atoms with Crippen LogP contribution in [0.15, 0.2) is 77.7 Å². The molecule has 3 aromatic carbocycles. The highest BCUT2D eigenvalue weighted by Gasteiger charge is 2.22. The first-order valence-corrected chi connectivity index (χ1v) is 14.3. The van der Waals surface area contributed by atoms with Crippen molar-refractivity contribution in [1.82, 2.24) is 4.72 Å². The fourth-order valence-corrected chi connectivity index (χ4v) is 4.96. The third-order valence-corrected chi connectivity index (χ3v) is 7.43. The summed E-state index contributed by atoms with van der Waals surface area (Å²) in [5, 5.41) is 2.65. The number of sulfonamides is 1. The molecule has 0 aliphatic rings. The van der Waals surface area contributed by atoms with Gasteiger partial charge >= 0.3 is 0 Å². The first kappa shape index (κ1) is 28.9. The van der Waals surface area contributed by atoms with E-state index in [1.54, 1.807) is 30.3 Å². The lowest BCUT2D eigenvalue weighted by molar-refractivity contribution is -0.119. The van der Waals surface area contributed by atoms with Gasteiger partial charge in [0.05, 0.1) is 5.69 Å². The third kappa shape index (κ3) is 8.18. The fraction of sp³-hybridized carbons (Fsp3) is 0.333. The molecule has 0 spiro atoms. The van der Waals surface area contributed by atoms with E-state index in [4.69, 9.17) is 4.74 Å². The van der Waals surface area contributed by atoms with Gasteiger partial charge in [-0.25, -0.2) is 13.1 Å². The molecule has 7 nitrogen and oxygen atoms in total. The average molecular weight is 537 g/mol. The van der Waals surface area contributed by atoms with Crippen LogP contribution in [0.1, 0.15) is 74.9 Å². The van der Waals surface area contributed by atoms with Crippen molar-refractivity contribution in [2.75, 3.05) is 5.32 Å². The van der Waals surface area contributed by atoms with Crippen LogP contribution < -0.4 is 14.8 Å². The summed E-state index contributed by atoms with van der Waals surface area (Å²) >= 11 is 0. The van der Waals surface area contributed by atoms with Crippen molar-refractivity contribution in [3.63, 3.8) is 0 Å². The molecule has 0 aliphatic heterocycles. The minimum atomic E-state index is -4.15. The number of hydrogen-bond acceptors (Lipinski definition) is 5. The van der Waals surface area contributed by atoms with E-state index in [0.717, 1.165) is 18.4 Å². The molecule has 2 amide bonds. The lowest BCUT2D eigenvalue weighted by Crippen LogP contribution is -2.31. The summed E-state index contributed by atoms with van der Waals surface area (Å²) < 4.78 is 33.7. The molecule has 0 aromatic heterocycles. The predicted molar refractivity (Wildman–Crippen MR) is 150 cm³/mol. The minimum absolute atomic E-state index is 0.0687. The molecule has 202 valence electrons. The number of ether oxygens (including phenoxy) is 1. The van der Waals surface area contributed by atoms with Crippen LogP contribution in [0.3, 0.4) is 0 Å². The second-order valence-electron chi connectivity index (χ2n) is 10.2. The Bertz CT molecular complexity index is 1360. The van der Waals surface area contributed by atoms with Gasteiger partial charge < -0.3 is 10.1 Å². The van der Waals surface area contributed by atoms with Crippen molar-refractivity contribution < 1.29 is 22.7 Å². The minimum Gasteiger partial charge on any atom is -0.489 e. The van der Waals surface area contributed by atoms with E-state index < -0.39 is 21.8 Å². The van der Waals surface area contributed by atoms with Crippen molar-refractivity contribution in [2.24, 2.45) is 0 Å². The van der Waals surface area contributed by atoms with E-state index in [9.17, 15) is 18.0 Å². The molecule has 0 unspecified atom stereocenters. The molecule has 38 heavy (non-hydrogen) atoms. The molecule has 0 bridgehead atoms. The lowest BCUT2D eigenvalue weighted by atomic mass is 9.87. The van der Waals surface area contributed by atoms with Crippen LogP contribution in [0.2, 0.25) is 0 Å².